The molecule has 2 aliphatic rings. The summed E-state index contributed by atoms with van der Waals surface area (Å²) in [5.74, 6) is 0. The number of amides is 1. The summed E-state index contributed by atoms with van der Waals surface area (Å²) in [5.41, 5.74) is -2.14. The SMILES string of the molecule is CC1(C)CC2(CC(C)(C)N1)OC(=O)N(Cc1ccccn1)[C@]2(C)O. The fourth-order valence-corrected chi connectivity index (χ4v) is 4.52. The highest BCUT2D eigenvalue weighted by Crippen LogP contribution is 2.50. The number of nitrogens with zero attached hydrogens (tertiary/aromatic N) is 2. The van der Waals surface area contributed by atoms with Gasteiger partial charge in [0.15, 0.2) is 11.3 Å². The number of rotatable bonds is 2. The number of pyridine rings is 1. The van der Waals surface area contributed by atoms with Gasteiger partial charge < -0.3 is 15.2 Å². The van der Waals surface area contributed by atoms with Crippen molar-refractivity contribution in [2.75, 3.05) is 0 Å². The molecule has 0 radical (unpaired) electrons. The highest BCUT2D eigenvalue weighted by Gasteiger charge is 2.66. The molecule has 6 nitrogen and oxygen atoms in total. The first-order valence-electron chi connectivity index (χ1n) is 8.39. The van der Waals surface area contributed by atoms with Crippen molar-refractivity contribution in [3.8, 4) is 0 Å². The molecule has 3 heterocycles. The zero-order chi connectivity index (χ0) is 17.8. The van der Waals surface area contributed by atoms with Crippen LogP contribution < -0.4 is 5.32 Å². The summed E-state index contributed by atoms with van der Waals surface area (Å²) in [6.07, 6.45) is 2.28. The molecule has 1 atom stereocenters. The molecule has 0 aromatic carbocycles. The average molecular weight is 333 g/mol. The Hall–Kier alpha value is -1.66. The molecule has 132 valence electrons. The third kappa shape index (κ3) is 2.78. The summed E-state index contributed by atoms with van der Waals surface area (Å²) in [4.78, 5) is 18.2. The van der Waals surface area contributed by atoms with E-state index in [0.29, 0.717) is 12.8 Å². The van der Waals surface area contributed by atoms with Gasteiger partial charge in [-0.1, -0.05) is 6.07 Å². The van der Waals surface area contributed by atoms with Crippen molar-refractivity contribution in [1.29, 1.82) is 0 Å². The van der Waals surface area contributed by atoms with Crippen molar-refractivity contribution >= 4 is 6.09 Å². The van der Waals surface area contributed by atoms with E-state index < -0.39 is 17.4 Å². The molecule has 3 rings (SSSR count). The standard InChI is InChI=1S/C18H27N3O3/c1-15(2)11-18(12-16(3,4)20-15)17(5,23)21(14(22)24-18)10-13-8-6-7-9-19-13/h6-9,20,23H,10-12H2,1-5H3/t17-/m1/s1. The minimum absolute atomic E-state index is 0.225. The predicted molar refractivity (Wildman–Crippen MR) is 90.1 cm³/mol. The summed E-state index contributed by atoms with van der Waals surface area (Å²) < 4.78 is 5.83. The van der Waals surface area contributed by atoms with Crippen LogP contribution in [0.15, 0.2) is 24.4 Å². The summed E-state index contributed by atoms with van der Waals surface area (Å²) in [7, 11) is 0. The number of aliphatic hydroxyl groups is 1. The van der Waals surface area contributed by atoms with Crippen molar-refractivity contribution in [2.24, 2.45) is 0 Å². The molecule has 2 fully saturated rings. The maximum Gasteiger partial charge on any atom is 0.413 e. The number of ether oxygens (including phenoxy) is 1. The van der Waals surface area contributed by atoms with Crippen LogP contribution in [0, 0.1) is 0 Å². The van der Waals surface area contributed by atoms with Crippen molar-refractivity contribution in [2.45, 2.75) is 76.4 Å². The lowest BCUT2D eigenvalue weighted by atomic mass is 9.68. The number of aromatic nitrogens is 1. The van der Waals surface area contributed by atoms with E-state index in [-0.39, 0.29) is 17.6 Å². The maximum atomic E-state index is 12.6. The number of hydrogen-bond acceptors (Lipinski definition) is 5. The molecule has 0 aliphatic carbocycles. The zero-order valence-corrected chi connectivity index (χ0v) is 15.1. The number of hydrogen-bond donors (Lipinski definition) is 2. The Labute approximate surface area is 143 Å². The van der Waals surface area contributed by atoms with Crippen LogP contribution in [0.1, 0.15) is 53.2 Å². The quantitative estimate of drug-likeness (QED) is 0.869. The first-order chi connectivity index (χ1) is 11.0. The lowest BCUT2D eigenvalue weighted by molar-refractivity contribution is -0.182. The van der Waals surface area contributed by atoms with E-state index >= 15 is 0 Å². The van der Waals surface area contributed by atoms with Crippen LogP contribution in [-0.2, 0) is 11.3 Å². The van der Waals surface area contributed by atoms with Crippen LogP contribution in [0.5, 0.6) is 0 Å². The average Bonchev–Trinajstić information content (AvgIpc) is 2.56. The van der Waals surface area contributed by atoms with Gasteiger partial charge in [0.1, 0.15) is 0 Å². The van der Waals surface area contributed by atoms with Crippen molar-refractivity contribution in [1.82, 2.24) is 15.2 Å². The highest BCUT2D eigenvalue weighted by atomic mass is 16.6. The Morgan fingerprint density at radius 3 is 2.38 bits per heavy atom. The van der Waals surface area contributed by atoms with Gasteiger partial charge in [-0.25, -0.2) is 4.79 Å². The van der Waals surface area contributed by atoms with Gasteiger partial charge in [0.2, 0.25) is 0 Å². The summed E-state index contributed by atoms with van der Waals surface area (Å²) in [6.45, 7) is 10.2. The Balaban J connectivity index is 1.95. The molecule has 2 aliphatic heterocycles. The van der Waals surface area contributed by atoms with Crippen LogP contribution in [0.2, 0.25) is 0 Å². The van der Waals surface area contributed by atoms with E-state index in [1.165, 1.54) is 4.90 Å². The van der Waals surface area contributed by atoms with Gasteiger partial charge in [-0.05, 0) is 46.8 Å². The number of piperidine rings is 1. The molecule has 24 heavy (non-hydrogen) atoms. The van der Waals surface area contributed by atoms with Gasteiger partial charge >= 0.3 is 6.09 Å². The maximum absolute atomic E-state index is 12.6. The molecular weight excluding hydrogens is 306 g/mol. The monoisotopic (exact) mass is 333 g/mol. The van der Waals surface area contributed by atoms with Gasteiger partial charge in [-0.3, -0.25) is 9.88 Å². The van der Waals surface area contributed by atoms with Gasteiger partial charge in [-0.15, -0.1) is 0 Å². The second-order valence-corrected chi connectivity index (χ2v) is 8.54. The predicted octanol–water partition coefficient (Wildman–Crippen LogP) is 2.42. The first kappa shape index (κ1) is 17.2. The normalized spacial score (nSPS) is 30.4. The van der Waals surface area contributed by atoms with Gasteiger partial charge in [0.05, 0.1) is 12.2 Å². The lowest BCUT2D eigenvalue weighted by Crippen LogP contribution is -2.70. The van der Waals surface area contributed by atoms with Crippen LogP contribution in [0.3, 0.4) is 0 Å². The number of nitrogens with one attached hydrogen (secondary N) is 1. The van der Waals surface area contributed by atoms with Crippen molar-refractivity contribution in [3.63, 3.8) is 0 Å². The Morgan fingerprint density at radius 1 is 1.21 bits per heavy atom. The fraction of sp³-hybridized carbons (Fsp3) is 0.667. The van der Waals surface area contributed by atoms with Gasteiger partial charge in [0, 0.05) is 30.1 Å². The van der Waals surface area contributed by atoms with E-state index in [4.69, 9.17) is 4.74 Å². The summed E-state index contributed by atoms with van der Waals surface area (Å²) in [5, 5.41) is 14.9. The fourth-order valence-electron chi connectivity index (χ4n) is 4.52. The highest BCUT2D eigenvalue weighted by molar-refractivity contribution is 5.72. The van der Waals surface area contributed by atoms with E-state index in [0.717, 1.165) is 5.69 Å². The zero-order valence-electron chi connectivity index (χ0n) is 15.1. The molecule has 6 heteroatoms. The third-order valence-corrected chi connectivity index (χ3v) is 5.07. The summed E-state index contributed by atoms with van der Waals surface area (Å²) >= 11 is 0. The van der Waals surface area contributed by atoms with E-state index in [9.17, 15) is 9.90 Å². The molecule has 1 amide bonds. The van der Waals surface area contributed by atoms with Crippen molar-refractivity contribution < 1.29 is 14.6 Å². The minimum Gasteiger partial charge on any atom is -0.437 e. The Kier molecular flexibility index (Phi) is 3.70. The molecule has 1 spiro atoms. The molecule has 1 aromatic rings. The second-order valence-electron chi connectivity index (χ2n) is 8.54. The van der Waals surface area contributed by atoms with Gasteiger partial charge in [-0.2, -0.15) is 0 Å². The Bertz CT molecular complexity index is 624. The largest absolute Gasteiger partial charge is 0.437 e. The third-order valence-electron chi connectivity index (χ3n) is 5.07. The number of carbonyl (C=O) groups is 1. The molecule has 2 saturated heterocycles. The molecular formula is C18H27N3O3. The smallest absolute Gasteiger partial charge is 0.413 e. The molecule has 0 saturated carbocycles. The molecule has 0 bridgehead atoms. The minimum atomic E-state index is -1.40. The van der Waals surface area contributed by atoms with E-state index in [1.807, 2.05) is 18.2 Å². The van der Waals surface area contributed by atoms with Crippen LogP contribution in [0.25, 0.3) is 0 Å². The lowest BCUT2D eigenvalue weighted by Gasteiger charge is -2.53. The van der Waals surface area contributed by atoms with E-state index in [1.54, 1.807) is 13.1 Å². The number of carbonyl (C=O) groups excluding carboxylic acids is 1. The van der Waals surface area contributed by atoms with Crippen LogP contribution >= 0.6 is 0 Å². The molecule has 0 unspecified atom stereocenters. The van der Waals surface area contributed by atoms with Gasteiger partial charge in [0.25, 0.3) is 0 Å². The summed E-state index contributed by atoms with van der Waals surface area (Å²) in [6, 6.07) is 5.53. The Morgan fingerprint density at radius 2 is 1.83 bits per heavy atom. The topological polar surface area (TPSA) is 74.7 Å². The first-order valence-corrected chi connectivity index (χ1v) is 8.39. The molecule has 2 N–H and O–H groups in total. The van der Waals surface area contributed by atoms with E-state index in [2.05, 4.69) is 38.0 Å². The van der Waals surface area contributed by atoms with Crippen LogP contribution in [-0.4, -0.2) is 43.5 Å². The van der Waals surface area contributed by atoms with Crippen molar-refractivity contribution in [3.05, 3.63) is 30.1 Å². The molecule has 1 aromatic heterocycles. The van der Waals surface area contributed by atoms with Crippen LogP contribution in [0.4, 0.5) is 4.79 Å². The second kappa shape index (κ2) is 5.17.